The van der Waals surface area contributed by atoms with Crippen molar-refractivity contribution in [3.05, 3.63) is 30.1 Å². The van der Waals surface area contributed by atoms with E-state index in [1.54, 1.807) is 12.4 Å². The SMILES string of the molecule is C[C@@H](NCCCOCC(F)(F)F)c1cccnc1. The van der Waals surface area contributed by atoms with Gasteiger partial charge in [0, 0.05) is 25.0 Å². The fourth-order valence-corrected chi connectivity index (χ4v) is 1.43. The average Bonchev–Trinajstić information content (AvgIpc) is 2.33. The van der Waals surface area contributed by atoms with E-state index in [1.807, 2.05) is 19.1 Å². The van der Waals surface area contributed by atoms with Crippen molar-refractivity contribution in [2.75, 3.05) is 19.8 Å². The van der Waals surface area contributed by atoms with Crippen LogP contribution in [-0.2, 0) is 4.74 Å². The summed E-state index contributed by atoms with van der Waals surface area (Å²) in [7, 11) is 0. The molecule has 0 amide bonds. The van der Waals surface area contributed by atoms with Gasteiger partial charge in [0.2, 0.25) is 0 Å². The first-order valence-corrected chi connectivity index (χ1v) is 5.77. The number of hydrogen-bond donors (Lipinski definition) is 1. The second kappa shape index (κ2) is 7.33. The zero-order valence-electron chi connectivity index (χ0n) is 10.2. The molecule has 1 N–H and O–H groups in total. The zero-order chi connectivity index (χ0) is 13.4. The summed E-state index contributed by atoms with van der Waals surface area (Å²) in [6.07, 6.45) is -0.240. The number of aromatic nitrogens is 1. The maximum absolute atomic E-state index is 11.8. The van der Waals surface area contributed by atoms with Gasteiger partial charge >= 0.3 is 6.18 Å². The highest BCUT2D eigenvalue weighted by Gasteiger charge is 2.27. The van der Waals surface area contributed by atoms with Crippen LogP contribution in [0.25, 0.3) is 0 Å². The maximum Gasteiger partial charge on any atom is 0.411 e. The molecule has 1 aromatic rings. The minimum atomic E-state index is -4.24. The van der Waals surface area contributed by atoms with Gasteiger partial charge in [0.1, 0.15) is 6.61 Å². The largest absolute Gasteiger partial charge is 0.411 e. The molecule has 0 unspecified atom stereocenters. The second-order valence-electron chi connectivity index (χ2n) is 3.98. The third-order valence-electron chi connectivity index (χ3n) is 2.37. The molecule has 0 saturated carbocycles. The molecule has 3 nitrogen and oxygen atoms in total. The Hall–Kier alpha value is -1.14. The monoisotopic (exact) mass is 262 g/mol. The Morgan fingerprint density at radius 2 is 2.22 bits per heavy atom. The molecule has 0 aliphatic heterocycles. The Morgan fingerprint density at radius 3 is 2.83 bits per heavy atom. The summed E-state index contributed by atoms with van der Waals surface area (Å²) in [5.74, 6) is 0. The number of rotatable bonds is 7. The molecule has 1 atom stereocenters. The summed E-state index contributed by atoms with van der Waals surface area (Å²) in [5.41, 5.74) is 1.05. The van der Waals surface area contributed by atoms with E-state index in [1.165, 1.54) is 0 Å². The topological polar surface area (TPSA) is 34.1 Å². The minimum absolute atomic E-state index is 0.103. The van der Waals surface area contributed by atoms with Gasteiger partial charge in [-0.1, -0.05) is 6.07 Å². The molecule has 1 aromatic heterocycles. The summed E-state index contributed by atoms with van der Waals surface area (Å²) < 4.78 is 39.8. The van der Waals surface area contributed by atoms with Crippen LogP contribution >= 0.6 is 0 Å². The van der Waals surface area contributed by atoms with E-state index in [2.05, 4.69) is 15.0 Å². The normalized spacial score (nSPS) is 13.6. The number of nitrogens with one attached hydrogen (secondary N) is 1. The molecular formula is C12H17F3N2O. The quantitative estimate of drug-likeness (QED) is 0.767. The maximum atomic E-state index is 11.8. The molecule has 6 heteroatoms. The smallest absolute Gasteiger partial charge is 0.372 e. The van der Waals surface area contributed by atoms with Gasteiger partial charge in [-0.3, -0.25) is 4.98 Å². The predicted octanol–water partition coefficient (Wildman–Crippen LogP) is 2.70. The molecule has 0 saturated heterocycles. The highest BCUT2D eigenvalue weighted by Crippen LogP contribution is 2.14. The summed E-state index contributed by atoms with van der Waals surface area (Å²) in [4.78, 5) is 4.00. The Balaban J connectivity index is 2.08. The van der Waals surface area contributed by atoms with Gasteiger partial charge < -0.3 is 10.1 Å². The van der Waals surface area contributed by atoms with Gasteiger partial charge in [-0.2, -0.15) is 13.2 Å². The van der Waals surface area contributed by atoms with Crippen molar-refractivity contribution in [1.29, 1.82) is 0 Å². The van der Waals surface area contributed by atoms with Crippen molar-refractivity contribution in [1.82, 2.24) is 10.3 Å². The van der Waals surface area contributed by atoms with E-state index in [-0.39, 0.29) is 12.6 Å². The van der Waals surface area contributed by atoms with Crippen LogP contribution in [0.4, 0.5) is 13.2 Å². The molecule has 18 heavy (non-hydrogen) atoms. The molecule has 0 fully saturated rings. The van der Waals surface area contributed by atoms with Gasteiger partial charge in [0.25, 0.3) is 0 Å². The Morgan fingerprint density at radius 1 is 1.44 bits per heavy atom. The molecule has 102 valence electrons. The van der Waals surface area contributed by atoms with Crippen LogP contribution in [0, 0.1) is 0 Å². The van der Waals surface area contributed by atoms with Crippen LogP contribution in [0.1, 0.15) is 24.9 Å². The summed E-state index contributed by atoms with van der Waals surface area (Å²) >= 11 is 0. The molecule has 0 radical (unpaired) electrons. The first-order chi connectivity index (χ1) is 8.49. The summed E-state index contributed by atoms with van der Waals surface area (Å²) in [6, 6.07) is 3.92. The summed E-state index contributed by atoms with van der Waals surface area (Å²) in [6.45, 7) is 1.51. The van der Waals surface area contributed by atoms with Crippen LogP contribution in [0.2, 0.25) is 0 Å². The lowest BCUT2D eigenvalue weighted by atomic mass is 10.1. The van der Waals surface area contributed by atoms with Gasteiger partial charge in [-0.15, -0.1) is 0 Å². The van der Waals surface area contributed by atoms with E-state index in [0.29, 0.717) is 13.0 Å². The van der Waals surface area contributed by atoms with E-state index in [9.17, 15) is 13.2 Å². The third-order valence-corrected chi connectivity index (χ3v) is 2.37. The standard InChI is InChI=1S/C12H17F3N2O/c1-10(11-4-2-5-16-8-11)17-6-3-7-18-9-12(13,14)15/h2,4-5,8,10,17H,3,6-7,9H2,1H3/t10-/m1/s1. The van der Waals surface area contributed by atoms with Crippen molar-refractivity contribution in [2.24, 2.45) is 0 Å². The average molecular weight is 262 g/mol. The Bertz CT molecular complexity index is 330. The summed E-state index contributed by atoms with van der Waals surface area (Å²) in [5, 5.41) is 3.20. The minimum Gasteiger partial charge on any atom is -0.372 e. The third kappa shape index (κ3) is 6.56. The van der Waals surface area contributed by atoms with Gasteiger partial charge in [0.05, 0.1) is 0 Å². The molecule has 0 aromatic carbocycles. The molecule has 1 rings (SSSR count). The number of nitrogens with zero attached hydrogens (tertiary/aromatic N) is 1. The molecule has 1 heterocycles. The highest BCUT2D eigenvalue weighted by atomic mass is 19.4. The lowest BCUT2D eigenvalue weighted by Gasteiger charge is -2.13. The number of halogens is 3. The van der Waals surface area contributed by atoms with E-state index >= 15 is 0 Å². The number of hydrogen-bond acceptors (Lipinski definition) is 3. The van der Waals surface area contributed by atoms with E-state index in [0.717, 1.165) is 5.56 Å². The first kappa shape index (κ1) is 14.9. The van der Waals surface area contributed by atoms with Gasteiger partial charge in [-0.05, 0) is 31.5 Å². The Labute approximate surface area is 104 Å². The van der Waals surface area contributed by atoms with Crippen LogP contribution in [0.15, 0.2) is 24.5 Å². The van der Waals surface area contributed by atoms with Crippen molar-refractivity contribution in [2.45, 2.75) is 25.6 Å². The van der Waals surface area contributed by atoms with Crippen molar-refractivity contribution >= 4 is 0 Å². The molecular weight excluding hydrogens is 245 g/mol. The van der Waals surface area contributed by atoms with Crippen LogP contribution in [0.5, 0.6) is 0 Å². The lowest BCUT2D eigenvalue weighted by molar-refractivity contribution is -0.173. The molecule has 0 aliphatic rings. The highest BCUT2D eigenvalue weighted by molar-refractivity contribution is 5.12. The number of alkyl halides is 3. The second-order valence-corrected chi connectivity index (χ2v) is 3.98. The zero-order valence-corrected chi connectivity index (χ0v) is 10.2. The first-order valence-electron chi connectivity index (χ1n) is 5.77. The Kier molecular flexibility index (Phi) is 6.07. The number of pyridine rings is 1. The lowest BCUT2D eigenvalue weighted by Crippen LogP contribution is -2.22. The van der Waals surface area contributed by atoms with Crippen molar-refractivity contribution in [3.8, 4) is 0 Å². The van der Waals surface area contributed by atoms with Gasteiger partial charge in [-0.25, -0.2) is 0 Å². The van der Waals surface area contributed by atoms with Crippen LogP contribution in [-0.4, -0.2) is 30.9 Å². The number of ether oxygens (including phenoxy) is 1. The van der Waals surface area contributed by atoms with Crippen molar-refractivity contribution < 1.29 is 17.9 Å². The van der Waals surface area contributed by atoms with Crippen LogP contribution < -0.4 is 5.32 Å². The van der Waals surface area contributed by atoms with Crippen molar-refractivity contribution in [3.63, 3.8) is 0 Å². The van der Waals surface area contributed by atoms with E-state index in [4.69, 9.17) is 0 Å². The van der Waals surface area contributed by atoms with Crippen LogP contribution in [0.3, 0.4) is 0 Å². The predicted molar refractivity (Wildman–Crippen MR) is 62.1 cm³/mol. The van der Waals surface area contributed by atoms with E-state index < -0.39 is 12.8 Å². The molecule has 0 bridgehead atoms. The van der Waals surface area contributed by atoms with Gasteiger partial charge in [0.15, 0.2) is 0 Å². The fourth-order valence-electron chi connectivity index (χ4n) is 1.43. The molecule has 0 aliphatic carbocycles. The fraction of sp³-hybridized carbons (Fsp3) is 0.583. The molecule has 0 spiro atoms.